The summed E-state index contributed by atoms with van der Waals surface area (Å²) >= 11 is 6.66. The van der Waals surface area contributed by atoms with Crippen molar-refractivity contribution >= 4 is 24.4 Å². The maximum atomic E-state index is 4.85. The van der Waals surface area contributed by atoms with Gasteiger partial charge < -0.3 is 0 Å². The first-order valence-corrected chi connectivity index (χ1v) is 11.0. The fourth-order valence-corrected chi connectivity index (χ4v) is 4.71. The van der Waals surface area contributed by atoms with E-state index in [2.05, 4.69) is 106 Å². The van der Waals surface area contributed by atoms with Crippen molar-refractivity contribution < 1.29 is 0 Å². The summed E-state index contributed by atoms with van der Waals surface area (Å²) in [6.07, 6.45) is 0. The van der Waals surface area contributed by atoms with Gasteiger partial charge in [0.15, 0.2) is 0 Å². The summed E-state index contributed by atoms with van der Waals surface area (Å²) in [6.45, 7) is 6.37. The van der Waals surface area contributed by atoms with Crippen molar-refractivity contribution in [3.63, 3.8) is 0 Å². The summed E-state index contributed by atoms with van der Waals surface area (Å²) in [5, 5.41) is 0. The Kier molecular flexibility index (Phi) is 5.84. The van der Waals surface area contributed by atoms with Crippen molar-refractivity contribution in [2.45, 2.75) is 35.5 Å². The van der Waals surface area contributed by atoms with Crippen LogP contribution in [0.25, 0.3) is 22.3 Å². The molecule has 0 N–H and O–H groups in total. The molecule has 0 radical (unpaired) electrons. The highest BCUT2D eigenvalue weighted by Crippen LogP contribution is 2.45. The zero-order valence-electron chi connectivity index (χ0n) is 16.9. The normalized spacial score (nSPS) is 10.9. The van der Waals surface area contributed by atoms with Crippen LogP contribution in [0.3, 0.4) is 0 Å². The summed E-state index contributed by atoms with van der Waals surface area (Å²) in [5.41, 5.74) is 8.65. The van der Waals surface area contributed by atoms with Gasteiger partial charge in [-0.15, -0.1) is 12.6 Å². The van der Waals surface area contributed by atoms with E-state index >= 15 is 0 Å². The van der Waals surface area contributed by atoms with Gasteiger partial charge in [-0.1, -0.05) is 89.1 Å². The number of aryl methyl sites for hydroxylation is 3. The first-order valence-electron chi connectivity index (χ1n) is 9.76. The van der Waals surface area contributed by atoms with Crippen LogP contribution in [0.4, 0.5) is 0 Å². The van der Waals surface area contributed by atoms with Gasteiger partial charge in [-0.25, -0.2) is 0 Å². The number of hydrogen-bond donors (Lipinski definition) is 1. The first kappa shape index (κ1) is 19.9. The van der Waals surface area contributed by atoms with Crippen molar-refractivity contribution in [3.05, 3.63) is 102 Å². The minimum absolute atomic E-state index is 0.998. The first-order chi connectivity index (χ1) is 14.0. The van der Waals surface area contributed by atoms with Crippen molar-refractivity contribution in [2.75, 3.05) is 0 Å². The highest BCUT2D eigenvalue weighted by molar-refractivity contribution is 7.99. The van der Waals surface area contributed by atoms with Crippen molar-refractivity contribution in [1.29, 1.82) is 0 Å². The highest BCUT2D eigenvalue weighted by atomic mass is 32.2. The third kappa shape index (κ3) is 4.44. The number of thiol groups is 1. The molecule has 2 heteroatoms. The molecule has 0 unspecified atom stereocenters. The Morgan fingerprint density at radius 2 is 0.966 bits per heavy atom. The molecule has 0 aliphatic carbocycles. The van der Waals surface area contributed by atoms with E-state index in [1.54, 1.807) is 0 Å². The molecule has 0 saturated carbocycles. The summed E-state index contributed by atoms with van der Waals surface area (Å²) < 4.78 is 0. The van der Waals surface area contributed by atoms with E-state index in [4.69, 9.17) is 12.6 Å². The van der Waals surface area contributed by atoms with Gasteiger partial charge in [-0.05, 0) is 56.2 Å². The molecular weight excluding hydrogens is 388 g/mol. The predicted molar refractivity (Wildman–Crippen MR) is 129 cm³/mol. The molecule has 0 fully saturated rings. The summed E-state index contributed by atoms with van der Waals surface area (Å²) in [5.74, 6) is 0. The van der Waals surface area contributed by atoms with Crippen LogP contribution in [0, 0.1) is 20.8 Å². The Morgan fingerprint density at radius 1 is 0.517 bits per heavy atom. The fraction of sp³-hybridized carbons (Fsp3) is 0.111. The van der Waals surface area contributed by atoms with Crippen LogP contribution in [-0.2, 0) is 0 Å². The second kappa shape index (κ2) is 8.52. The standard InChI is InChI=1S/C27H24S2/c1-18-4-10-21(11-5-18)26-24(28)16-17-25(29-23-14-8-20(3)9-15-23)27(26)22-12-6-19(2)7-13-22/h4-17,28H,1-3H3. The second-order valence-corrected chi connectivity index (χ2v) is 9.08. The van der Waals surface area contributed by atoms with Crippen LogP contribution in [0.5, 0.6) is 0 Å². The second-order valence-electron chi connectivity index (χ2n) is 7.48. The van der Waals surface area contributed by atoms with Crippen LogP contribution in [0.2, 0.25) is 0 Å². The predicted octanol–water partition coefficient (Wildman–Crippen LogP) is 8.39. The van der Waals surface area contributed by atoms with E-state index in [0.717, 1.165) is 4.90 Å². The van der Waals surface area contributed by atoms with Crippen molar-refractivity contribution in [1.82, 2.24) is 0 Å². The van der Waals surface area contributed by atoms with Gasteiger partial charge in [0.2, 0.25) is 0 Å². The molecule has 0 atom stereocenters. The van der Waals surface area contributed by atoms with E-state index in [1.807, 2.05) is 11.8 Å². The molecule has 0 heterocycles. The van der Waals surface area contributed by atoms with Crippen molar-refractivity contribution in [2.24, 2.45) is 0 Å². The number of rotatable bonds is 4. The SMILES string of the molecule is Cc1ccc(Sc2ccc(S)c(-c3ccc(C)cc3)c2-c2ccc(C)cc2)cc1. The van der Waals surface area contributed by atoms with Gasteiger partial charge in [-0.2, -0.15) is 0 Å². The largest absolute Gasteiger partial charge is 0.143 e. The third-order valence-corrected chi connectivity index (χ3v) is 6.52. The van der Waals surface area contributed by atoms with Crippen LogP contribution < -0.4 is 0 Å². The molecule has 144 valence electrons. The molecule has 0 aliphatic rings. The van der Waals surface area contributed by atoms with Crippen LogP contribution >= 0.6 is 24.4 Å². The Bertz CT molecular complexity index is 1120. The lowest BCUT2D eigenvalue weighted by Crippen LogP contribution is -1.92. The fourth-order valence-electron chi connectivity index (χ4n) is 3.41. The molecule has 0 nitrogen and oxygen atoms in total. The average molecular weight is 413 g/mol. The molecule has 29 heavy (non-hydrogen) atoms. The molecule has 0 amide bonds. The van der Waals surface area contributed by atoms with Gasteiger partial charge in [0, 0.05) is 25.8 Å². The maximum absolute atomic E-state index is 4.85. The third-order valence-electron chi connectivity index (χ3n) is 5.07. The molecular formula is C27H24S2. The molecule has 0 aromatic heterocycles. The maximum Gasteiger partial charge on any atom is 0.0207 e. The van der Waals surface area contributed by atoms with E-state index in [1.165, 1.54) is 48.7 Å². The topological polar surface area (TPSA) is 0 Å². The van der Waals surface area contributed by atoms with Crippen LogP contribution in [0.15, 0.2) is 99.6 Å². The van der Waals surface area contributed by atoms with Gasteiger partial charge in [0.05, 0.1) is 0 Å². The Labute approximate surface area is 183 Å². The highest BCUT2D eigenvalue weighted by Gasteiger charge is 2.16. The number of benzene rings is 4. The van der Waals surface area contributed by atoms with Gasteiger partial charge in [0.1, 0.15) is 0 Å². The van der Waals surface area contributed by atoms with Gasteiger partial charge >= 0.3 is 0 Å². The zero-order valence-corrected chi connectivity index (χ0v) is 18.6. The van der Waals surface area contributed by atoms with E-state index in [0.29, 0.717) is 0 Å². The molecule has 4 aromatic rings. The Morgan fingerprint density at radius 3 is 1.48 bits per heavy atom. The molecule has 4 aromatic carbocycles. The van der Waals surface area contributed by atoms with E-state index in [9.17, 15) is 0 Å². The molecule has 4 rings (SSSR count). The molecule has 0 spiro atoms. The van der Waals surface area contributed by atoms with E-state index < -0.39 is 0 Å². The monoisotopic (exact) mass is 412 g/mol. The Hall–Kier alpha value is -2.42. The van der Waals surface area contributed by atoms with Crippen molar-refractivity contribution in [3.8, 4) is 22.3 Å². The zero-order chi connectivity index (χ0) is 20.4. The number of hydrogen-bond acceptors (Lipinski definition) is 2. The minimum Gasteiger partial charge on any atom is -0.143 e. The lowest BCUT2D eigenvalue weighted by Gasteiger charge is -2.18. The minimum atomic E-state index is 0.998. The molecule has 0 aliphatic heterocycles. The molecule has 0 bridgehead atoms. The van der Waals surface area contributed by atoms with Gasteiger partial charge in [0.25, 0.3) is 0 Å². The summed E-state index contributed by atoms with van der Waals surface area (Å²) in [4.78, 5) is 3.48. The quantitative estimate of drug-likeness (QED) is 0.328. The average Bonchev–Trinajstić information content (AvgIpc) is 2.72. The van der Waals surface area contributed by atoms with Crippen LogP contribution in [-0.4, -0.2) is 0 Å². The molecule has 0 saturated heterocycles. The van der Waals surface area contributed by atoms with Crippen LogP contribution in [0.1, 0.15) is 16.7 Å². The smallest absolute Gasteiger partial charge is 0.0207 e. The Balaban J connectivity index is 1.92. The van der Waals surface area contributed by atoms with Gasteiger partial charge in [-0.3, -0.25) is 0 Å². The lowest BCUT2D eigenvalue weighted by atomic mass is 9.93. The summed E-state index contributed by atoms with van der Waals surface area (Å²) in [6, 6.07) is 30.6. The lowest BCUT2D eigenvalue weighted by molar-refractivity contribution is 1.32. The summed E-state index contributed by atoms with van der Waals surface area (Å²) in [7, 11) is 0. The van der Waals surface area contributed by atoms with E-state index in [-0.39, 0.29) is 0 Å².